The number of aromatic nitrogens is 2. The molecule has 0 aliphatic carbocycles. The van der Waals surface area contributed by atoms with Crippen molar-refractivity contribution in [1.82, 2.24) is 9.97 Å². The van der Waals surface area contributed by atoms with E-state index >= 15 is 0 Å². The Morgan fingerprint density at radius 2 is 0.863 bits per heavy atom. The fourth-order valence-corrected chi connectivity index (χ4v) is 12.7. The predicted molar refractivity (Wildman–Crippen MR) is 212 cm³/mol. The van der Waals surface area contributed by atoms with Gasteiger partial charge in [0.25, 0.3) is 0 Å². The number of rotatable bonds is 4. The first kappa shape index (κ1) is 32.9. The molecule has 0 atom stereocenters. The maximum absolute atomic E-state index is 9.21. The Morgan fingerprint density at radius 3 is 1.29 bits per heavy atom. The van der Waals surface area contributed by atoms with Crippen LogP contribution in [-0.4, -0.2) is 9.97 Å². The van der Waals surface area contributed by atoms with Gasteiger partial charge < -0.3 is 0 Å². The van der Waals surface area contributed by atoms with Gasteiger partial charge in [0, 0.05) is 59.1 Å². The number of hydrogen-bond acceptors (Lipinski definition) is 13. The molecule has 0 aliphatic rings. The molecule has 8 aromatic heterocycles. The smallest absolute Gasteiger partial charge is 0.146 e. The molecule has 0 N–H and O–H groups in total. The fraction of sp³-hybridized carbons (Fsp3) is 0. The van der Waals surface area contributed by atoms with Gasteiger partial charge in [-0.05, 0) is 84.9 Å². The van der Waals surface area contributed by atoms with Crippen LogP contribution in [0.3, 0.4) is 0 Å². The standard InChI is InChI=1S/C38H16N6S7/c39-17-21(18-40)27-9-11-31(49-27)29-5-1-23(45-29)15-25-3-7-33(47-25)37-35-36(44-14-13-43-35)38(51-37)34-8-4-26(48-34)16-24-2-6-30(46-24)32-12-10-28(50-32)22(19-41)20-42/h1-16H/b23-15-,24-16-,31-29+,32-30+. The lowest BCUT2D eigenvalue weighted by atomic mass is 10.2. The molecule has 0 saturated heterocycles. The van der Waals surface area contributed by atoms with Crippen LogP contribution < -0.4 is 18.1 Å². The van der Waals surface area contributed by atoms with Gasteiger partial charge in [-0.2, -0.15) is 21.0 Å². The van der Waals surface area contributed by atoms with Gasteiger partial charge in [0.1, 0.15) is 46.5 Å². The molecule has 0 amide bonds. The number of nitrogens with zero attached hydrogens (tertiary/aromatic N) is 6. The van der Waals surface area contributed by atoms with Crippen molar-refractivity contribution in [1.29, 1.82) is 21.0 Å². The maximum atomic E-state index is 9.21. The van der Waals surface area contributed by atoms with E-state index in [1.165, 1.54) is 22.7 Å². The predicted octanol–water partition coefficient (Wildman–Crippen LogP) is 8.02. The van der Waals surface area contributed by atoms with Gasteiger partial charge in [0.05, 0.1) is 18.8 Å². The minimum absolute atomic E-state index is 0.138. The van der Waals surface area contributed by atoms with Crippen LogP contribution in [0.4, 0.5) is 0 Å². The molecule has 0 spiro atoms. The number of fused-ring (bicyclic) bond motifs is 1. The largest absolute Gasteiger partial charge is 0.251 e. The second-order valence-electron chi connectivity index (χ2n) is 10.6. The lowest BCUT2D eigenvalue weighted by Gasteiger charge is -1.93. The summed E-state index contributed by atoms with van der Waals surface area (Å²) in [6, 6.07) is 32.4. The summed E-state index contributed by atoms with van der Waals surface area (Å²) in [6.07, 6.45) is 7.87. The summed E-state index contributed by atoms with van der Waals surface area (Å²) in [4.78, 5) is 16.3. The zero-order valence-corrected chi connectivity index (χ0v) is 31.5. The van der Waals surface area contributed by atoms with Crippen LogP contribution in [-0.2, 0) is 0 Å². The van der Waals surface area contributed by atoms with Crippen molar-refractivity contribution in [2.24, 2.45) is 0 Å². The second-order valence-corrected chi connectivity index (χ2v) is 18.3. The van der Waals surface area contributed by atoms with Crippen molar-refractivity contribution in [3.8, 4) is 43.8 Å². The van der Waals surface area contributed by atoms with Crippen molar-refractivity contribution in [3.63, 3.8) is 0 Å². The van der Waals surface area contributed by atoms with Gasteiger partial charge in [0.15, 0.2) is 0 Å². The molecular formula is C38H16N6S7. The molecule has 240 valence electrons. The summed E-state index contributed by atoms with van der Waals surface area (Å²) in [6.45, 7) is 0. The monoisotopic (exact) mass is 780 g/mol. The van der Waals surface area contributed by atoms with Gasteiger partial charge in [-0.1, -0.05) is 0 Å². The lowest BCUT2D eigenvalue weighted by molar-refractivity contribution is 1.31. The third kappa shape index (κ3) is 6.53. The van der Waals surface area contributed by atoms with E-state index in [-0.39, 0.29) is 11.1 Å². The van der Waals surface area contributed by atoms with Crippen LogP contribution in [0.25, 0.3) is 53.8 Å². The van der Waals surface area contributed by atoms with Crippen molar-refractivity contribution in [3.05, 3.63) is 131 Å². The number of hydrogen-bond donors (Lipinski definition) is 0. The molecular weight excluding hydrogens is 765 g/mol. The second kappa shape index (κ2) is 14.1. The zero-order chi connectivity index (χ0) is 34.9. The van der Waals surface area contributed by atoms with E-state index in [2.05, 4.69) is 60.7 Å². The van der Waals surface area contributed by atoms with Crippen LogP contribution in [0, 0.1) is 63.5 Å². The molecule has 13 heteroatoms. The minimum Gasteiger partial charge on any atom is -0.251 e. The lowest BCUT2D eigenvalue weighted by Crippen LogP contribution is -1.93. The van der Waals surface area contributed by atoms with Gasteiger partial charge in [-0.25, -0.2) is 0 Å². The van der Waals surface area contributed by atoms with Gasteiger partial charge >= 0.3 is 0 Å². The third-order valence-corrected chi connectivity index (χ3v) is 15.7. The summed E-state index contributed by atoms with van der Waals surface area (Å²) in [5.41, 5.74) is 2.07. The molecule has 0 aromatic carbocycles. The molecule has 8 aromatic rings. The third-order valence-electron chi connectivity index (χ3n) is 7.49. The summed E-state index contributed by atoms with van der Waals surface area (Å²) < 4.78 is 7.90. The van der Waals surface area contributed by atoms with E-state index in [4.69, 9.17) is 9.97 Å². The van der Waals surface area contributed by atoms with E-state index in [0.29, 0.717) is 9.06 Å². The molecule has 8 heterocycles. The van der Waals surface area contributed by atoms with Crippen LogP contribution in [0.15, 0.2) is 85.2 Å². The molecule has 0 saturated carbocycles. The minimum atomic E-state index is 0.138. The molecule has 0 radical (unpaired) electrons. The summed E-state index contributed by atoms with van der Waals surface area (Å²) in [7, 11) is 0. The molecule has 8 rings (SSSR count). The van der Waals surface area contributed by atoms with Crippen molar-refractivity contribution in [2.45, 2.75) is 0 Å². The van der Waals surface area contributed by atoms with Crippen LogP contribution in [0.1, 0.15) is 9.75 Å². The molecule has 0 aliphatic heterocycles. The average Bonchev–Trinajstić information content (AvgIpc) is 3.98. The van der Waals surface area contributed by atoms with Gasteiger partial charge in [-0.15, -0.1) is 79.4 Å². The maximum Gasteiger partial charge on any atom is 0.146 e. The highest BCUT2D eigenvalue weighted by atomic mass is 32.1. The summed E-state index contributed by atoms with van der Waals surface area (Å²) in [5, 5.41) is 36.8. The highest BCUT2D eigenvalue weighted by Crippen LogP contribution is 2.46. The van der Waals surface area contributed by atoms with E-state index in [1.54, 1.807) is 69.1 Å². The quantitative estimate of drug-likeness (QED) is 0.178. The molecule has 0 unspecified atom stereocenters. The Balaban J connectivity index is 1.11. The fourth-order valence-electron chi connectivity index (χ4n) is 5.19. The van der Waals surface area contributed by atoms with Crippen molar-refractivity contribution in [2.75, 3.05) is 0 Å². The first-order valence-corrected chi connectivity index (χ1v) is 20.6. The first-order chi connectivity index (χ1) is 25.0. The highest BCUT2D eigenvalue weighted by Gasteiger charge is 2.19. The average molecular weight is 781 g/mol. The molecule has 51 heavy (non-hydrogen) atoms. The van der Waals surface area contributed by atoms with E-state index in [0.717, 1.165) is 67.5 Å². The first-order valence-electron chi connectivity index (χ1n) is 14.9. The molecule has 0 bridgehead atoms. The molecule has 0 fully saturated rings. The van der Waals surface area contributed by atoms with E-state index < -0.39 is 0 Å². The molecule has 6 nitrogen and oxygen atoms in total. The van der Waals surface area contributed by atoms with Gasteiger partial charge in [0.2, 0.25) is 0 Å². The highest BCUT2D eigenvalue weighted by molar-refractivity contribution is 7.28. The van der Waals surface area contributed by atoms with Crippen LogP contribution >= 0.6 is 79.4 Å². The topological polar surface area (TPSA) is 121 Å². The Kier molecular flexibility index (Phi) is 9.10. The summed E-state index contributed by atoms with van der Waals surface area (Å²) >= 11 is 11.4. The van der Waals surface area contributed by atoms with E-state index in [9.17, 15) is 21.0 Å². The van der Waals surface area contributed by atoms with Crippen molar-refractivity contribution >= 4 is 114 Å². The van der Waals surface area contributed by atoms with Crippen LogP contribution in [0.2, 0.25) is 0 Å². The SMILES string of the molecule is N#CC(C#N)=c1cc/c(=c2/cc/c(=C/c3ccc(-c4sc(-c5ccc(/C=c6/cc/c(=c7/ccc(=C(C#N)C#N)s7)s6)s5)c5nccnc45)s3)s2)s1. The summed E-state index contributed by atoms with van der Waals surface area (Å²) in [5.74, 6) is 0. The van der Waals surface area contributed by atoms with Crippen molar-refractivity contribution < 1.29 is 0 Å². The Hall–Kier alpha value is -5.32. The zero-order valence-electron chi connectivity index (χ0n) is 25.8. The number of thiophene rings is 7. The number of nitriles is 4. The van der Waals surface area contributed by atoms with Gasteiger partial charge in [-0.3, -0.25) is 9.97 Å². The van der Waals surface area contributed by atoms with E-state index in [1.807, 2.05) is 48.5 Å². The Morgan fingerprint density at radius 1 is 0.451 bits per heavy atom. The normalized spacial score (nSPS) is 13.1. The Labute approximate surface area is 317 Å². The Bertz CT molecular complexity index is 3030. The van der Waals surface area contributed by atoms with Crippen LogP contribution in [0.5, 0.6) is 0 Å².